The summed E-state index contributed by atoms with van der Waals surface area (Å²) in [6, 6.07) is 2.06. The van der Waals surface area contributed by atoms with Crippen LogP contribution in [0.4, 0.5) is 5.95 Å². The zero-order chi connectivity index (χ0) is 11.7. The van der Waals surface area contributed by atoms with Gasteiger partial charge in [-0.2, -0.15) is 0 Å². The van der Waals surface area contributed by atoms with E-state index in [1.807, 2.05) is 6.92 Å². The lowest BCUT2D eigenvalue weighted by molar-refractivity contribution is 0.412. The third-order valence-corrected chi connectivity index (χ3v) is 3.03. The maximum Gasteiger partial charge on any atom is 0.225 e. The van der Waals surface area contributed by atoms with Crippen molar-refractivity contribution in [2.45, 2.75) is 26.7 Å². The summed E-state index contributed by atoms with van der Waals surface area (Å²) in [4.78, 5) is 11.3. The second-order valence-corrected chi connectivity index (χ2v) is 4.90. The molecule has 0 aromatic carbocycles. The summed E-state index contributed by atoms with van der Waals surface area (Å²) < 4.78 is 0. The summed E-state index contributed by atoms with van der Waals surface area (Å²) in [5.41, 5.74) is 7.78. The standard InChI is InChI=1S/C12H20N4/c1-8(2)11-4-9(3)14-12(15-11)16-6-10(5-13)7-16/h4,8,10H,5-7,13H2,1-3H3. The van der Waals surface area contributed by atoms with Crippen LogP contribution in [0.1, 0.15) is 31.2 Å². The van der Waals surface area contributed by atoms with E-state index in [2.05, 4.69) is 34.8 Å². The molecule has 16 heavy (non-hydrogen) atoms. The highest BCUT2D eigenvalue weighted by molar-refractivity contribution is 5.36. The first-order chi connectivity index (χ1) is 7.60. The van der Waals surface area contributed by atoms with Gasteiger partial charge in [-0.1, -0.05) is 13.8 Å². The molecule has 2 rings (SSSR count). The van der Waals surface area contributed by atoms with Gasteiger partial charge in [0.2, 0.25) is 5.95 Å². The lowest BCUT2D eigenvalue weighted by Gasteiger charge is -2.38. The number of nitrogens with zero attached hydrogens (tertiary/aromatic N) is 3. The first-order valence-corrected chi connectivity index (χ1v) is 5.90. The Labute approximate surface area is 96.9 Å². The summed E-state index contributed by atoms with van der Waals surface area (Å²) >= 11 is 0. The van der Waals surface area contributed by atoms with Crippen LogP contribution in [0.25, 0.3) is 0 Å². The Bertz CT molecular complexity index is 369. The SMILES string of the molecule is Cc1cc(C(C)C)nc(N2CC(CN)C2)n1. The topological polar surface area (TPSA) is 55.0 Å². The third-order valence-electron chi connectivity index (χ3n) is 3.03. The molecule has 1 aromatic heterocycles. The van der Waals surface area contributed by atoms with Crippen LogP contribution < -0.4 is 10.6 Å². The molecule has 88 valence electrons. The van der Waals surface area contributed by atoms with Crippen LogP contribution in [0.2, 0.25) is 0 Å². The molecule has 4 nitrogen and oxygen atoms in total. The van der Waals surface area contributed by atoms with E-state index in [0.29, 0.717) is 11.8 Å². The number of hydrogen-bond acceptors (Lipinski definition) is 4. The van der Waals surface area contributed by atoms with Crippen LogP contribution in [0.5, 0.6) is 0 Å². The fraction of sp³-hybridized carbons (Fsp3) is 0.667. The minimum Gasteiger partial charge on any atom is -0.340 e. The lowest BCUT2D eigenvalue weighted by atomic mass is 10.0. The number of anilines is 1. The average Bonchev–Trinajstić information content (AvgIpc) is 2.15. The zero-order valence-electron chi connectivity index (χ0n) is 10.3. The molecular formula is C12H20N4. The Morgan fingerprint density at radius 1 is 1.44 bits per heavy atom. The summed E-state index contributed by atoms with van der Waals surface area (Å²) in [6.07, 6.45) is 0. The van der Waals surface area contributed by atoms with Gasteiger partial charge in [0.25, 0.3) is 0 Å². The molecule has 2 heterocycles. The van der Waals surface area contributed by atoms with E-state index in [0.717, 1.165) is 37.0 Å². The quantitative estimate of drug-likeness (QED) is 0.834. The number of hydrogen-bond donors (Lipinski definition) is 1. The summed E-state index contributed by atoms with van der Waals surface area (Å²) in [5, 5.41) is 0. The predicted octanol–water partition coefficient (Wildman–Crippen LogP) is 1.30. The van der Waals surface area contributed by atoms with Gasteiger partial charge in [0, 0.05) is 30.4 Å². The Morgan fingerprint density at radius 2 is 2.12 bits per heavy atom. The number of nitrogens with two attached hydrogens (primary N) is 1. The van der Waals surface area contributed by atoms with Gasteiger partial charge < -0.3 is 10.6 Å². The first kappa shape index (κ1) is 11.3. The molecule has 0 spiro atoms. The molecule has 0 atom stereocenters. The molecule has 0 saturated carbocycles. The van der Waals surface area contributed by atoms with Crippen molar-refractivity contribution in [3.63, 3.8) is 0 Å². The second kappa shape index (κ2) is 4.37. The Morgan fingerprint density at radius 3 is 2.69 bits per heavy atom. The molecular weight excluding hydrogens is 200 g/mol. The Kier molecular flexibility index (Phi) is 3.10. The van der Waals surface area contributed by atoms with Gasteiger partial charge in [0.1, 0.15) is 0 Å². The highest BCUT2D eigenvalue weighted by Crippen LogP contribution is 2.22. The van der Waals surface area contributed by atoms with Crippen LogP contribution in [0.15, 0.2) is 6.07 Å². The molecule has 0 amide bonds. The molecule has 1 saturated heterocycles. The van der Waals surface area contributed by atoms with E-state index in [9.17, 15) is 0 Å². The minimum atomic E-state index is 0.451. The van der Waals surface area contributed by atoms with E-state index in [-0.39, 0.29) is 0 Å². The molecule has 1 aliphatic heterocycles. The summed E-state index contributed by atoms with van der Waals surface area (Å²) in [7, 11) is 0. The number of rotatable bonds is 3. The van der Waals surface area contributed by atoms with Crippen molar-refractivity contribution in [1.29, 1.82) is 0 Å². The minimum absolute atomic E-state index is 0.451. The van der Waals surface area contributed by atoms with Crippen LogP contribution in [-0.2, 0) is 0 Å². The van der Waals surface area contributed by atoms with Gasteiger partial charge in [0.05, 0.1) is 0 Å². The molecule has 1 fully saturated rings. The van der Waals surface area contributed by atoms with Crippen LogP contribution in [0, 0.1) is 12.8 Å². The maximum atomic E-state index is 5.61. The molecule has 0 aliphatic carbocycles. The second-order valence-electron chi connectivity index (χ2n) is 4.90. The number of aromatic nitrogens is 2. The average molecular weight is 220 g/mol. The van der Waals surface area contributed by atoms with Gasteiger partial charge in [-0.05, 0) is 25.5 Å². The van der Waals surface area contributed by atoms with Crippen molar-refractivity contribution in [3.05, 3.63) is 17.5 Å². The molecule has 4 heteroatoms. The van der Waals surface area contributed by atoms with Gasteiger partial charge in [-0.25, -0.2) is 9.97 Å². The van der Waals surface area contributed by atoms with Crippen molar-refractivity contribution in [2.24, 2.45) is 11.7 Å². The van der Waals surface area contributed by atoms with Crippen molar-refractivity contribution < 1.29 is 0 Å². The van der Waals surface area contributed by atoms with Crippen LogP contribution >= 0.6 is 0 Å². The highest BCUT2D eigenvalue weighted by Gasteiger charge is 2.27. The summed E-state index contributed by atoms with van der Waals surface area (Å²) in [5.74, 6) is 1.94. The normalized spacial score (nSPS) is 16.7. The van der Waals surface area contributed by atoms with E-state index < -0.39 is 0 Å². The molecule has 0 bridgehead atoms. The zero-order valence-corrected chi connectivity index (χ0v) is 10.3. The van der Waals surface area contributed by atoms with Crippen molar-refractivity contribution >= 4 is 5.95 Å². The van der Waals surface area contributed by atoms with E-state index >= 15 is 0 Å². The van der Waals surface area contributed by atoms with Crippen molar-refractivity contribution in [3.8, 4) is 0 Å². The van der Waals surface area contributed by atoms with Crippen LogP contribution in [0.3, 0.4) is 0 Å². The largest absolute Gasteiger partial charge is 0.340 e. The fourth-order valence-corrected chi connectivity index (χ4v) is 1.90. The lowest BCUT2D eigenvalue weighted by Crippen LogP contribution is -2.50. The monoisotopic (exact) mass is 220 g/mol. The third kappa shape index (κ3) is 2.16. The summed E-state index contributed by atoms with van der Waals surface area (Å²) in [6.45, 7) is 9.10. The van der Waals surface area contributed by atoms with Gasteiger partial charge in [-0.15, -0.1) is 0 Å². The van der Waals surface area contributed by atoms with E-state index in [4.69, 9.17) is 5.73 Å². The predicted molar refractivity (Wildman–Crippen MR) is 65.6 cm³/mol. The smallest absolute Gasteiger partial charge is 0.225 e. The van der Waals surface area contributed by atoms with Gasteiger partial charge in [0.15, 0.2) is 0 Å². The molecule has 1 aliphatic rings. The highest BCUT2D eigenvalue weighted by atomic mass is 15.3. The van der Waals surface area contributed by atoms with Crippen LogP contribution in [-0.4, -0.2) is 29.6 Å². The first-order valence-electron chi connectivity index (χ1n) is 5.90. The van der Waals surface area contributed by atoms with E-state index in [1.54, 1.807) is 0 Å². The molecule has 2 N–H and O–H groups in total. The van der Waals surface area contributed by atoms with Gasteiger partial charge in [-0.3, -0.25) is 0 Å². The molecule has 1 aromatic rings. The molecule has 0 unspecified atom stereocenters. The number of aryl methyl sites for hydroxylation is 1. The maximum absolute atomic E-state index is 5.61. The molecule has 0 radical (unpaired) electrons. The van der Waals surface area contributed by atoms with Crippen molar-refractivity contribution in [1.82, 2.24) is 9.97 Å². The fourth-order valence-electron chi connectivity index (χ4n) is 1.90. The Balaban J connectivity index is 2.16. The van der Waals surface area contributed by atoms with E-state index in [1.165, 1.54) is 0 Å². The Hall–Kier alpha value is -1.16. The van der Waals surface area contributed by atoms with Gasteiger partial charge >= 0.3 is 0 Å². The van der Waals surface area contributed by atoms with Crippen molar-refractivity contribution in [2.75, 3.05) is 24.5 Å².